The summed E-state index contributed by atoms with van der Waals surface area (Å²) >= 11 is 0. The summed E-state index contributed by atoms with van der Waals surface area (Å²) in [5.41, 5.74) is 3.75. The SMILES string of the molecule is COc1cc(-c2ccnc(Nc3cccc(C)c3)n2)cc2c1OCO2. The quantitative estimate of drug-likeness (QED) is 0.779. The highest BCUT2D eigenvalue weighted by molar-refractivity contribution is 5.70. The third-order valence-corrected chi connectivity index (χ3v) is 3.88. The molecule has 2 aromatic carbocycles. The number of hydrogen-bond donors (Lipinski definition) is 1. The maximum Gasteiger partial charge on any atom is 0.231 e. The number of aryl methyl sites for hydroxylation is 1. The van der Waals surface area contributed by atoms with E-state index in [0.717, 1.165) is 16.9 Å². The van der Waals surface area contributed by atoms with E-state index in [-0.39, 0.29) is 6.79 Å². The fourth-order valence-electron chi connectivity index (χ4n) is 2.71. The molecule has 2 heterocycles. The van der Waals surface area contributed by atoms with Gasteiger partial charge in [-0.05, 0) is 42.8 Å². The molecule has 0 aliphatic carbocycles. The number of nitrogens with one attached hydrogen (secondary N) is 1. The highest BCUT2D eigenvalue weighted by Crippen LogP contribution is 2.43. The van der Waals surface area contributed by atoms with Crippen LogP contribution in [0, 0.1) is 6.92 Å². The summed E-state index contributed by atoms with van der Waals surface area (Å²) in [5.74, 6) is 2.43. The van der Waals surface area contributed by atoms with Gasteiger partial charge in [-0.15, -0.1) is 0 Å². The fraction of sp³-hybridized carbons (Fsp3) is 0.158. The minimum Gasteiger partial charge on any atom is -0.493 e. The molecule has 0 atom stereocenters. The smallest absolute Gasteiger partial charge is 0.231 e. The Morgan fingerprint density at radius 3 is 2.88 bits per heavy atom. The number of rotatable bonds is 4. The summed E-state index contributed by atoms with van der Waals surface area (Å²) in [7, 11) is 1.60. The lowest BCUT2D eigenvalue weighted by Gasteiger charge is -2.10. The van der Waals surface area contributed by atoms with Gasteiger partial charge >= 0.3 is 0 Å². The van der Waals surface area contributed by atoms with Crippen molar-refractivity contribution < 1.29 is 14.2 Å². The average Bonchev–Trinajstić information content (AvgIpc) is 3.10. The summed E-state index contributed by atoms with van der Waals surface area (Å²) in [6.07, 6.45) is 1.72. The first-order valence-electron chi connectivity index (χ1n) is 7.88. The maximum atomic E-state index is 5.48. The zero-order chi connectivity index (χ0) is 17.2. The predicted molar refractivity (Wildman–Crippen MR) is 94.6 cm³/mol. The molecule has 4 rings (SSSR count). The Morgan fingerprint density at radius 1 is 1.12 bits per heavy atom. The summed E-state index contributed by atoms with van der Waals surface area (Å²) in [4.78, 5) is 8.89. The van der Waals surface area contributed by atoms with Crippen LogP contribution < -0.4 is 19.5 Å². The Balaban J connectivity index is 1.68. The van der Waals surface area contributed by atoms with Gasteiger partial charge in [0, 0.05) is 17.4 Å². The van der Waals surface area contributed by atoms with E-state index in [4.69, 9.17) is 14.2 Å². The van der Waals surface area contributed by atoms with Crippen molar-refractivity contribution in [3.8, 4) is 28.5 Å². The summed E-state index contributed by atoms with van der Waals surface area (Å²) < 4.78 is 16.3. The molecule has 6 nitrogen and oxygen atoms in total. The number of ether oxygens (including phenoxy) is 3. The van der Waals surface area contributed by atoms with E-state index in [1.54, 1.807) is 13.3 Å². The first kappa shape index (κ1) is 15.3. The zero-order valence-corrected chi connectivity index (χ0v) is 13.9. The van der Waals surface area contributed by atoms with Gasteiger partial charge in [0.05, 0.1) is 12.8 Å². The van der Waals surface area contributed by atoms with E-state index in [1.165, 1.54) is 5.56 Å². The van der Waals surface area contributed by atoms with E-state index in [2.05, 4.69) is 15.3 Å². The summed E-state index contributed by atoms with van der Waals surface area (Å²) in [6, 6.07) is 13.7. The van der Waals surface area contributed by atoms with Crippen molar-refractivity contribution in [2.45, 2.75) is 6.92 Å². The number of nitrogens with zero attached hydrogens (tertiary/aromatic N) is 2. The molecule has 25 heavy (non-hydrogen) atoms. The number of benzene rings is 2. The molecule has 6 heteroatoms. The molecule has 126 valence electrons. The van der Waals surface area contributed by atoms with Gasteiger partial charge in [0.2, 0.25) is 18.5 Å². The summed E-state index contributed by atoms with van der Waals surface area (Å²) in [5, 5.41) is 3.23. The van der Waals surface area contributed by atoms with E-state index in [0.29, 0.717) is 23.2 Å². The van der Waals surface area contributed by atoms with Crippen molar-refractivity contribution in [2.24, 2.45) is 0 Å². The molecular weight excluding hydrogens is 318 g/mol. The van der Waals surface area contributed by atoms with E-state index < -0.39 is 0 Å². The lowest BCUT2D eigenvalue weighted by Crippen LogP contribution is -1.98. The standard InChI is InChI=1S/C19H17N3O3/c1-12-4-3-5-14(8-12)21-19-20-7-6-15(22-19)13-9-16(23-2)18-17(10-13)24-11-25-18/h3-10H,11H2,1-2H3,(H,20,21,22). The lowest BCUT2D eigenvalue weighted by atomic mass is 10.1. The van der Waals surface area contributed by atoms with Crippen LogP contribution in [0.25, 0.3) is 11.3 Å². The summed E-state index contributed by atoms with van der Waals surface area (Å²) in [6.45, 7) is 2.24. The van der Waals surface area contributed by atoms with Crippen molar-refractivity contribution in [3.05, 3.63) is 54.2 Å². The van der Waals surface area contributed by atoms with Crippen LogP contribution in [-0.4, -0.2) is 23.9 Å². The van der Waals surface area contributed by atoms with Crippen LogP contribution in [0.2, 0.25) is 0 Å². The monoisotopic (exact) mass is 335 g/mol. The van der Waals surface area contributed by atoms with Crippen LogP contribution in [0.4, 0.5) is 11.6 Å². The number of methoxy groups -OCH3 is 1. The molecular formula is C19H17N3O3. The highest BCUT2D eigenvalue weighted by atomic mass is 16.7. The molecule has 0 unspecified atom stereocenters. The second kappa shape index (κ2) is 6.32. The van der Waals surface area contributed by atoms with Gasteiger partial charge in [0.25, 0.3) is 0 Å². The van der Waals surface area contributed by atoms with Crippen molar-refractivity contribution in [1.82, 2.24) is 9.97 Å². The van der Waals surface area contributed by atoms with Crippen LogP contribution in [-0.2, 0) is 0 Å². The molecule has 1 aliphatic heterocycles. The molecule has 0 spiro atoms. The van der Waals surface area contributed by atoms with Crippen molar-refractivity contribution in [2.75, 3.05) is 19.2 Å². The Morgan fingerprint density at radius 2 is 2.04 bits per heavy atom. The molecule has 3 aromatic rings. The van der Waals surface area contributed by atoms with Crippen LogP contribution in [0.1, 0.15) is 5.56 Å². The second-order valence-electron chi connectivity index (χ2n) is 5.67. The molecule has 0 bridgehead atoms. The first-order valence-corrected chi connectivity index (χ1v) is 7.88. The van der Waals surface area contributed by atoms with Crippen LogP contribution in [0.3, 0.4) is 0 Å². The van der Waals surface area contributed by atoms with Crippen LogP contribution >= 0.6 is 0 Å². The third kappa shape index (κ3) is 3.06. The molecule has 0 saturated heterocycles. The van der Waals surface area contributed by atoms with Gasteiger partial charge < -0.3 is 19.5 Å². The van der Waals surface area contributed by atoms with Crippen molar-refractivity contribution in [1.29, 1.82) is 0 Å². The lowest BCUT2D eigenvalue weighted by molar-refractivity contribution is 0.171. The van der Waals surface area contributed by atoms with E-state index >= 15 is 0 Å². The molecule has 0 radical (unpaired) electrons. The Bertz CT molecular complexity index is 928. The number of fused-ring (bicyclic) bond motifs is 1. The molecule has 1 aliphatic rings. The Kier molecular flexibility index (Phi) is 3.85. The fourth-order valence-corrected chi connectivity index (χ4v) is 2.71. The van der Waals surface area contributed by atoms with Gasteiger partial charge in [0.15, 0.2) is 11.5 Å². The van der Waals surface area contributed by atoms with E-state index in [1.807, 2.05) is 49.4 Å². The minimum atomic E-state index is 0.194. The molecule has 1 aromatic heterocycles. The molecule has 0 fully saturated rings. The van der Waals surface area contributed by atoms with E-state index in [9.17, 15) is 0 Å². The van der Waals surface area contributed by atoms with Gasteiger partial charge in [-0.2, -0.15) is 0 Å². The van der Waals surface area contributed by atoms with Gasteiger partial charge in [-0.25, -0.2) is 9.97 Å². The third-order valence-electron chi connectivity index (χ3n) is 3.88. The Labute approximate surface area is 145 Å². The topological polar surface area (TPSA) is 65.5 Å². The normalized spacial score (nSPS) is 12.1. The number of aromatic nitrogens is 2. The zero-order valence-electron chi connectivity index (χ0n) is 13.9. The van der Waals surface area contributed by atoms with Gasteiger partial charge in [0.1, 0.15) is 0 Å². The molecule has 1 N–H and O–H groups in total. The predicted octanol–water partition coefficient (Wildman–Crippen LogP) is 3.93. The Hall–Kier alpha value is -3.28. The first-order chi connectivity index (χ1) is 12.2. The number of hydrogen-bond acceptors (Lipinski definition) is 6. The largest absolute Gasteiger partial charge is 0.493 e. The average molecular weight is 335 g/mol. The number of anilines is 2. The minimum absolute atomic E-state index is 0.194. The van der Waals surface area contributed by atoms with Crippen LogP contribution in [0.5, 0.6) is 17.2 Å². The molecule has 0 amide bonds. The van der Waals surface area contributed by atoms with Crippen LogP contribution in [0.15, 0.2) is 48.7 Å². The van der Waals surface area contributed by atoms with Gasteiger partial charge in [-0.3, -0.25) is 0 Å². The van der Waals surface area contributed by atoms with Crippen molar-refractivity contribution >= 4 is 11.6 Å². The second-order valence-corrected chi connectivity index (χ2v) is 5.67. The molecule has 0 saturated carbocycles. The maximum absolute atomic E-state index is 5.48. The van der Waals surface area contributed by atoms with Gasteiger partial charge in [-0.1, -0.05) is 12.1 Å². The highest BCUT2D eigenvalue weighted by Gasteiger charge is 2.21. The van der Waals surface area contributed by atoms with Crippen molar-refractivity contribution in [3.63, 3.8) is 0 Å².